The van der Waals surface area contributed by atoms with Gasteiger partial charge in [-0.2, -0.15) is 5.26 Å². The standard InChI is InChI=1S/C20H16BrN3O/c1-12-18(13-5-9-16(25-2)10-6-13)17(11-22)20(23)24-19(12)14-3-7-15(21)8-4-14/h3-10H,1-2H3,(H2,23,24). The number of anilines is 1. The lowest BCUT2D eigenvalue weighted by Crippen LogP contribution is -2.03. The van der Waals surface area contributed by atoms with Crippen LogP contribution in [0.4, 0.5) is 5.82 Å². The molecule has 0 atom stereocenters. The van der Waals surface area contributed by atoms with E-state index in [1.165, 1.54) is 0 Å². The predicted octanol–water partition coefficient (Wildman–Crippen LogP) is 4.95. The van der Waals surface area contributed by atoms with Crippen LogP contribution in [0.5, 0.6) is 5.75 Å². The molecule has 0 amide bonds. The molecule has 0 unspecified atom stereocenters. The number of methoxy groups -OCH3 is 1. The van der Waals surface area contributed by atoms with Gasteiger partial charge >= 0.3 is 0 Å². The van der Waals surface area contributed by atoms with E-state index in [2.05, 4.69) is 27.0 Å². The van der Waals surface area contributed by atoms with Gasteiger partial charge in [0.1, 0.15) is 23.2 Å². The van der Waals surface area contributed by atoms with Crippen molar-refractivity contribution in [2.75, 3.05) is 12.8 Å². The third-order valence-electron chi connectivity index (χ3n) is 4.08. The molecule has 0 saturated carbocycles. The Balaban J connectivity index is 2.25. The third-order valence-corrected chi connectivity index (χ3v) is 4.61. The molecule has 0 saturated heterocycles. The molecule has 0 fully saturated rings. The molecule has 3 aromatic rings. The number of nitrogens with two attached hydrogens (primary N) is 1. The molecule has 0 aliphatic carbocycles. The average Bonchev–Trinajstić information content (AvgIpc) is 2.64. The predicted molar refractivity (Wildman–Crippen MR) is 103 cm³/mol. The molecule has 3 rings (SSSR count). The SMILES string of the molecule is COc1ccc(-c2c(C)c(-c3ccc(Br)cc3)nc(N)c2C#N)cc1. The highest BCUT2D eigenvalue weighted by Crippen LogP contribution is 2.36. The summed E-state index contributed by atoms with van der Waals surface area (Å²) in [7, 11) is 1.62. The van der Waals surface area contributed by atoms with Crippen LogP contribution >= 0.6 is 15.9 Å². The minimum absolute atomic E-state index is 0.233. The van der Waals surface area contributed by atoms with Crippen LogP contribution in [0, 0.1) is 18.3 Å². The number of pyridine rings is 1. The highest BCUT2D eigenvalue weighted by molar-refractivity contribution is 9.10. The fraction of sp³-hybridized carbons (Fsp3) is 0.100. The largest absolute Gasteiger partial charge is 0.497 e. The van der Waals surface area contributed by atoms with Crippen LogP contribution in [0.3, 0.4) is 0 Å². The van der Waals surface area contributed by atoms with E-state index in [9.17, 15) is 5.26 Å². The number of ether oxygens (including phenoxy) is 1. The van der Waals surface area contributed by atoms with Crippen molar-refractivity contribution in [1.29, 1.82) is 5.26 Å². The number of nitrogen functional groups attached to an aromatic ring is 1. The quantitative estimate of drug-likeness (QED) is 0.682. The van der Waals surface area contributed by atoms with Gasteiger partial charge in [0.2, 0.25) is 0 Å². The summed E-state index contributed by atoms with van der Waals surface area (Å²) >= 11 is 3.44. The second-order valence-corrected chi connectivity index (χ2v) is 6.48. The van der Waals surface area contributed by atoms with Crippen LogP contribution in [0.25, 0.3) is 22.4 Å². The fourth-order valence-corrected chi connectivity index (χ4v) is 3.08. The molecule has 1 heterocycles. The second-order valence-electron chi connectivity index (χ2n) is 5.57. The van der Waals surface area contributed by atoms with Crippen molar-refractivity contribution >= 4 is 21.7 Å². The number of benzene rings is 2. The van der Waals surface area contributed by atoms with E-state index in [1.807, 2.05) is 55.5 Å². The summed E-state index contributed by atoms with van der Waals surface area (Å²) in [5, 5.41) is 9.58. The maximum atomic E-state index is 9.58. The number of hydrogen-bond acceptors (Lipinski definition) is 4. The molecule has 0 bridgehead atoms. The average molecular weight is 394 g/mol. The minimum Gasteiger partial charge on any atom is -0.497 e. The highest BCUT2D eigenvalue weighted by Gasteiger charge is 2.18. The van der Waals surface area contributed by atoms with Gasteiger partial charge in [0.05, 0.1) is 12.8 Å². The van der Waals surface area contributed by atoms with Crippen LogP contribution in [-0.4, -0.2) is 12.1 Å². The highest BCUT2D eigenvalue weighted by atomic mass is 79.9. The minimum atomic E-state index is 0.233. The van der Waals surface area contributed by atoms with Crippen molar-refractivity contribution in [2.24, 2.45) is 0 Å². The van der Waals surface area contributed by atoms with Gasteiger partial charge in [-0.15, -0.1) is 0 Å². The number of nitriles is 1. The first-order valence-electron chi connectivity index (χ1n) is 7.65. The van der Waals surface area contributed by atoms with Crippen molar-refractivity contribution in [3.63, 3.8) is 0 Å². The molecule has 5 heteroatoms. The zero-order valence-electron chi connectivity index (χ0n) is 13.9. The number of aromatic nitrogens is 1. The van der Waals surface area contributed by atoms with E-state index in [1.54, 1.807) is 7.11 Å². The Bertz CT molecular complexity index is 958. The summed E-state index contributed by atoms with van der Waals surface area (Å²) in [5.74, 6) is 0.993. The van der Waals surface area contributed by atoms with Crippen LogP contribution in [0.15, 0.2) is 53.0 Å². The van der Waals surface area contributed by atoms with Crippen LogP contribution < -0.4 is 10.5 Å². The summed E-state index contributed by atoms with van der Waals surface area (Å²) in [6.07, 6.45) is 0. The van der Waals surface area contributed by atoms with Crippen molar-refractivity contribution < 1.29 is 4.74 Å². The lowest BCUT2D eigenvalue weighted by atomic mass is 9.93. The van der Waals surface area contributed by atoms with Gasteiger partial charge in [0.15, 0.2) is 0 Å². The molecule has 124 valence electrons. The smallest absolute Gasteiger partial charge is 0.142 e. The van der Waals surface area contributed by atoms with Crippen LogP contribution in [0.2, 0.25) is 0 Å². The molecule has 2 aromatic carbocycles. The first-order chi connectivity index (χ1) is 12.0. The van der Waals surface area contributed by atoms with E-state index >= 15 is 0 Å². The Hall–Kier alpha value is -2.84. The number of nitrogens with zero attached hydrogens (tertiary/aromatic N) is 2. The van der Waals surface area contributed by atoms with Crippen LogP contribution in [0.1, 0.15) is 11.1 Å². The Morgan fingerprint density at radius 1 is 1.04 bits per heavy atom. The van der Waals surface area contributed by atoms with Gasteiger partial charge in [-0.25, -0.2) is 4.98 Å². The molecule has 25 heavy (non-hydrogen) atoms. The lowest BCUT2D eigenvalue weighted by Gasteiger charge is -2.15. The van der Waals surface area contributed by atoms with E-state index in [0.717, 1.165) is 38.2 Å². The van der Waals surface area contributed by atoms with Crippen molar-refractivity contribution in [2.45, 2.75) is 6.92 Å². The van der Waals surface area contributed by atoms with Gasteiger partial charge < -0.3 is 10.5 Å². The lowest BCUT2D eigenvalue weighted by molar-refractivity contribution is 0.415. The number of rotatable bonds is 3. The monoisotopic (exact) mass is 393 g/mol. The molecule has 0 spiro atoms. The normalized spacial score (nSPS) is 10.3. The van der Waals surface area contributed by atoms with Gasteiger partial charge in [-0.3, -0.25) is 0 Å². The summed E-state index contributed by atoms with van der Waals surface area (Å²) in [6.45, 7) is 1.96. The fourth-order valence-electron chi connectivity index (χ4n) is 2.81. The van der Waals surface area contributed by atoms with Gasteiger partial charge in [-0.1, -0.05) is 40.2 Å². The summed E-state index contributed by atoms with van der Waals surface area (Å²) in [6, 6.07) is 17.6. The maximum Gasteiger partial charge on any atom is 0.142 e. The molecule has 4 nitrogen and oxygen atoms in total. The van der Waals surface area contributed by atoms with Crippen molar-refractivity contribution in [3.8, 4) is 34.2 Å². The van der Waals surface area contributed by atoms with E-state index in [0.29, 0.717) is 5.56 Å². The van der Waals surface area contributed by atoms with E-state index in [-0.39, 0.29) is 5.82 Å². The molecule has 0 aliphatic rings. The van der Waals surface area contributed by atoms with Crippen LogP contribution in [-0.2, 0) is 0 Å². The molecular formula is C20H16BrN3O. The summed E-state index contributed by atoms with van der Waals surface area (Å²) in [5.41, 5.74) is 10.8. The van der Waals surface area contributed by atoms with Gasteiger partial charge in [0, 0.05) is 15.6 Å². The number of hydrogen-bond donors (Lipinski definition) is 1. The van der Waals surface area contributed by atoms with Crippen molar-refractivity contribution in [1.82, 2.24) is 4.98 Å². The molecule has 0 aliphatic heterocycles. The first-order valence-corrected chi connectivity index (χ1v) is 8.45. The summed E-state index contributed by atoms with van der Waals surface area (Å²) < 4.78 is 6.20. The number of halogens is 1. The Kier molecular flexibility index (Phi) is 4.73. The van der Waals surface area contributed by atoms with E-state index in [4.69, 9.17) is 10.5 Å². The first kappa shape index (κ1) is 17.0. The topological polar surface area (TPSA) is 71.9 Å². The van der Waals surface area contributed by atoms with Gasteiger partial charge in [-0.05, 0) is 42.3 Å². The zero-order valence-corrected chi connectivity index (χ0v) is 15.5. The molecule has 2 N–H and O–H groups in total. The Morgan fingerprint density at radius 3 is 2.20 bits per heavy atom. The Labute approximate surface area is 155 Å². The summed E-state index contributed by atoms with van der Waals surface area (Å²) in [4.78, 5) is 4.48. The third kappa shape index (κ3) is 3.21. The van der Waals surface area contributed by atoms with Crippen molar-refractivity contribution in [3.05, 3.63) is 64.1 Å². The Morgan fingerprint density at radius 2 is 1.64 bits per heavy atom. The van der Waals surface area contributed by atoms with E-state index < -0.39 is 0 Å². The molecule has 0 radical (unpaired) electrons. The molecular weight excluding hydrogens is 378 g/mol. The zero-order chi connectivity index (χ0) is 18.0. The molecule has 1 aromatic heterocycles. The second kappa shape index (κ2) is 6.96. The maximum absolute atomic E-state index is 9.58. The van der Waals surface area contributed by atoms with Gasteiger partial charge in [0.25, 0.3) is 0 Å².